The van der Waals surface area contributed by atoms with E-state index in [9.17, 15) is 4.79 Å². The van der Waals surface area contributed by atoms with E-state index in [0.717, 1.165) is 38.7 Å². The first-order valence-electron chi connectivity index (χ1n) is 7.51. The van der Waals surface area contributed by atoms with Gasteiger partial charge in [0.05, 0.1) is 6.61 Å². The van der Waals surface area contributed by atoms with Gasteiger partial charge in [0, 0.05) is 13.5 Å². The molecule has 1 unspecified atom stereocenters. The topological polar surface area (TPSA) is 35.5 Å². The Hall–Kier alpha value is -1.35. The summed E-state index contributed by atoms with van der Waals surface area (Å²) in [7, 11) is 0. The minimum atomic E-state index is -0.177. The highest BCUT2D eigenvalue weighted by Gasteiger charge is 2.10. The molecule has 1 aromatic carbocycles. The van der Waals surface area contributed by atoms with Crippen LogP contribution >= 0.6 is 0 Å². The second-order valence-electron chi connectivity index (χ2n) is 5.05. The van der Waals surface area contributed by atoms with E-state index in [-0.39, 0.29) is 12.1 Å². The molecule has 0 amide bonds. The number of carbonyl (C=O) groups excluding carboxylic acids is 1. The van der Waals surface area contributed by atoms with Crippen molar-refractivity contribution in [3.8, 4) is 0 Å². The van der Waals surface area contributed by atoms with Gasteiger partial charge in [-0.2, -0.15) is 0 Å². The summed E-state index contributed by atoms with van der Waals surface area (Å²) in [4.78, 5) is 11.0. The van der Waals surface area contributed by atoms with E-state index in [1.165, 1.54) is 12.5 Å². The molecular formula is C17H26O3. The van der Waals surface area contributed by atoms with Crippen molar-refractivity contribution in [3.63, 3.8) is 0 Å². The van der Waals surface area contributed by atoms with Crippen molar-refractivity contribution in [1.29, 1.82) is 0 Å². The number of rotatable bonds is 10. The highest BCUT2D eigenvalue weighted by atomic mass is 16.5. The standard InChI is InChI=1S/C17H26O3/c1-3-9-17(20-15(2)18)12-7-8-13-19-14-16-10-5-4-6-11-16/h4-6,10-11,17H,3,7-9,12-14H2,1-2H3. The third-order valence-electron chi connectivity index (χ3n) is 3.12. The summed E-state index contributed by atoms with van der Waals surface area (Å²) >= 11 is 0. The average molecular weight is 278 g/mol. The van der Waals surface area contributed by atoms with Gasteiger partial charge in [-0.15, -0.1) is 0 Å². The number of ether oxygens (including phenoxy) is 2. The fraction of sp³-hybridized carbons (Fsp3) is 0.588. The number of carbonyl (C=O) groups is 1. The average Bonchev–Trinajstić information content (AvgIpc) is 2.43. The first-order chi connectivity index (χ1) is 9.72. The zero-order valence-electron chi connectivity index (χ0n) is 12.6. The third-order valence-corrected chi connectivity index (χ3v) is 3.12. The Balaban J connectivity index is 2.06. The van der Waals surface area contributed by atoms with Gasteiger partial charge in [-0.25, -0.2) is 0 Å². The maximum Gasteiger partial charge on any atom is 0.302 e. The fourth-order valence-corrected chi connectivity index (χ4v) is 2.16. The van der Waals surface area contributed by atoms with E-state index in [1.54, 1.807) is 0 Å². The van der Waals surface area contributed by atoms with Crippen molar-refractivity contribution in [1.82, 2.24) is 0 Å². The minimum absolute atomic E-state index is 0.0756. The summed E-state index contributed by atoms with van der Waals surface area (Å²) < 4.78 is 10.9. The van der Waals surface area contributed by atoms with E-state index in [1.807, 2.05) is 18.2 Å². The van der Waals surface area contributed by atoms with Gasteiger partial charge in [-0.3, -0.25) is 4.79 Å². The zero-order valence-corrected chi connectivity index (χ0v) is 12.6. The van der Waals surface area contributed by atoms with Gasteiger partial charge in [-0.05, 0) is 31.2 Å². The molecule has 0 heterocycles. The molecule has 0 aliphatic heterocycles. The first kappa shape index (κ1) is 16.7. The number of unbranched alkanes of at least 4 members (excludes halogenated alkanes) is 1. The van der Waals surface area contributed by atoms with Gasteiger partial charge in [0.15, 0.2) is 0 Å². The molecule has 112 valence electrons. The van der Waals surface area contributed by atoms with Crippen LogP contribution in [0.1, 0.15) is 51.5 Å². The van der Waals surface area contributed by atoms with Crippen LogP contribution in [-0.2, 0) is 20.9 Å². The van der Waals surface area contributed by atoms with Gasteiger partial charge in [0.1, 0.15) is 6.10 Å². The van der Waals surface area contributed by atoms with Crippen LogP contribution in [0, 0.1) is 0 Å². The summed E-state index contributed by atoms with van der Waals surface area (Å²) in [5.41, 5.74) is 1.20. The minimum Gasteiger partial charge on any atom is -0.463 e. The number of esters is 1. The van der Waals surface area contributed by atoms with Crippen molar-refractivity contribution >= 4 is 5.97 Å². The molecule has 0 radical (unpaired) electrons. The van der Waals surface area contributed by atoms with Crippen LogP contribution in [0.15, 0.2) is 30.3 Å². The maximum absolute atomic E-state index is 11.0. The Bertz CT molecular complexity index is 362. The lowest BCUT2D eigenvalue weighted by Gasteiger charge is -2.16. The molecule has 0 aliphatic rings. The lowest BCUT2D eigenvalue weighted by atomic mass is 10.1. The van der Waals surface area contributed by atoms with Crippen LogP contribution in [-0.4, -0.2) is 18.7 Å². The molecule has 3 nitrogen and oxygen atoms in total. The molecular weight excluding hydrogens is 252 g/mol. The molecule has 0 bridgehead atoms. The predicted molar refractivity (Wildman–Crippen MR) is 80.4 cm³/mol. The molecule has 20 heavy (non-hydrogen) atoms. The molecule has 0 fully saturated rings. The Labute approximate surface area is 122 Å². The predicted octanol–water partition coefficient (Wildman–Crippen LogP) is 4.11. The number of hydrogen-bond acceptors (Lipinski definition) is 3. The Morgan fingerprint density at radius 2 is 1.90 bits per heavy atom. The monoisotopic (exact) mass is 278 g/mol. The normalized spacial score (nSPS) is 12.1. The lowest BCUT2D eigenvalue weighted by Crippen LogP contribution is -2.16. The molecule has 0 saturated heterocycles. The molecule has 1 rings (SSSR count). The van der Waals surface area contributed by atoms with Crippen molar-refractivity contribution in [2.75, 3.05) is 6.61 Å². The quantitative estimate of drug-likeness (QED) is 0.477. The summed E-state index contributed by atoms with van der Waals surface area (Å²) in [6.45, 7) is 5.02. The first-order valence-corrected chi connectivity index (χ1v) is 7.51. The van der Waals surface area contributed by atoms with Crippen LogP contribution in [0.2, 0.25) is 0 Å². The largest absolute Gasteiger partial charge is 0.463 e. The second kappa shape index (κ2) is 10.4. The summed E-state index contributed by atoms with van der Waals surface area (Å²) in [5, 5.41) is 0. The van der Waals surface area contributed by atoms with E-state index >= 15 is 0 Å². The Kier molecular flexibility index (Phi) is 8.72. The van der Waals surface area contributed by atoms with Gasteiger partial charge >= 0.3 is 5.97 Å². The number of hydrogen-bond donors (Lipinski definition) is 0. The lowest BCUT2D eigenvalue weighted by molar-refractivity contribution is -0.147. The van der Waals surface area contributed by atoms with Crippen molar-refractivity contribution in [3.05, 3.63) is 35.9 Å². The van der Waals surface area contributed by atoms with Crippen molar-refractivity contribution in [2.24, 2.45) is 0 Å². The van der Waals surface area contributed by atoms with E-state index < -0.39 is 0 Å². The van der Waals surface area contributed by atoms with Crippen LogP contribution < -0.4 is 0 Å². The second-order valence-corrected chi connectivity index (χ2v) is 5.05. The van der Waals surface area contributed by atoms with Gasteiger partial charge in [0.2, 0.25) is 0 Å². The molecule has 0 spiro atoms. The van der Waals surface area contributed by atoms with Crippen molar-refractivity contribution in [2.45, 2.75) is 58.7 Å². The van der Waals surface area contributed by atoms with Crippen LogP contribution in [0.5, 0.6) is 0 Å². The fourth-order valence-electron chi connectivity index (χ4n) is 2.16. The third kappa shape index (κ3) is 7.95. The molecule has 0 saturated carbocycles. The SMILES string of the molecule is CCCC(CCCCOCc1ccccc1)OC(C)=O. The van der Waals surface area contributed by atoms with Gasteiger partial charge in [0.25, 0.3) is 0 Å². The van der Waals surface area contributed by atoms with E-state index in [2.05, 4.69) is 19.1 Å². The Morgan fingerprint density at radius 3 is 2.55 bits per heavy atom. The van der Waals surface area contributed by atoms with Crippen LogP contribution in [0.25, 0.3) is 0 Å². The molecule has 0 aliphatic carbocycles. The van der Waals surface area contributed by atoms with Gasteiger partial charge < -0.3 is 9.47 Å². The smallest absolute Gasteiger partial charge is 0.302 e. The molecule has 0 N–H and O–H groups in total. The highest BCUT2D eigenvalue weighted by Crippen LogP contribution is 2.12. The van der Waals surface area contributed by atoms with Crippen LogP contribution in [0.3, 0.4) is 0 Å². The van der Waals surface area contributed by atoms with E-state index in [0.29, 0.717) is 6.61 Å². The molecule has 3 heteroatoms. The molecule has 1 atom stereocenters. The van der Waals surface area contributed by atoms with E-state index in [4.69, 9.17) is 9.47 Å². The van der Waals surface area contributed by atoms with Crippen molar-refractivity contribution < 1.29 is 14.3 Å². The molecule has 0 aromatic heterocycles. The molecule has 1 aromatic rings. The zero-order chi connectivity index (χ0) is 14.6. The summed E-state index contributed by atoms with van der Waals surface area (Å²) in [6, 6.07) is 10.2. The van der Waals surface area contributed by atoms with Crippen LogP contribution in [0.4, 0.5) is 0 Å². The summed E-state index contributed by atoms with van der Waals surface area (Å²) in [6.07, 6.45) is 5.04. The number of benzene rings is 1. The Morgan fingerprint density at radius 1 is 1.15 bits per heavy atom. The highest BCUT2D eigenvalue weighted by molar-refractivity contribution is 5.66. The van der Waals surface area contributed by atoms with Gasteiger partial charge in [-0.1, -0.05) is 43.7 Å². The maximum atomic E-state index is 11.0. The summed E-state index contributed by atoms with van der Waals surface area (Å²) in [5.74, 6) is -0.177.